The van der Waals surface area contributed by atoms with Crippen LogP contribution in [-0.4, -0.2) is 17.5 Å². The highest BCUT2D eigenvalue weighted by molar-refractivity contribution is 7.99. The van der Waals surface area contributed by atoms with Crippen LogP contribution >= 0.6 is 23.4 Å². The van der Waals surface area contributed by atoms with Crippen LogP contribution < -0.4 is 5.73 Å². The van der Waals surface area contributed by atoms with Gasteiger partial charge in [0.05, 0.1) is 11.6 Å². The molecule has 0 aliphatic rings. The Morgan fingerprint density at radius 2 is 2.27 bits per heavy atom. The van der Waals surface area contributed by atoms with Gasteiger partial charge in [-0.1, -0.05) is 17.8 Å². The van der Waals surface area contributed by atoms with E-state index in [1.807, 2.05) is 0 Å². The average molecular weight is 251 g/mol. The van der Waals surface area contributed by atoms with Gasteiger partial charge in [0.25, 0.3) is 5.76 Å². The van der Waals surface area contributed by atoms with Crippen LogP contribution in [0, 0.1) is 0 Å². The lowest BCUT2D eigenvalue weighted by atomic mass is 10.3. The first kappa shape index (κ1) is 12.3. The van der Waals surface area contributed by atoms with Gasteiger partial charge in [0.15, 0.2) is 0 Å². The minimum absolute atomic E-state index is 0.117. The van der Waals surface area contributed by atoms with Crippen LogP contribution in [-0.2, 0) is 0 Å². The van der Waals surface area contributed by atoms with E-state index in [9.17, 15) is 8.78 Å². The second-order valence-corrected chi connectivity index (χ2v) is 3.94. The number of halogens is 3. The Hall–Kier alpha value is -0.810. The van der Waals surface area contributed by atoms with Crippen molar-refractivity contribution in [2.45, 2.75) is 10.7 Å². The molecule has 0 saturated carbocycles. The van der Waals surface area contributed by atoms with Gasteiger partial charge >= 0.3 is 0 Å². The van der Waals surface area contributed by atoms with Gasteiger partial charge in [0.2, 0.25) is 0 Å². The van der Waals surface area contributed by atoms with Gasteiger partial charge < -0.3 is 5.73 Å². The largest absolute Gasteiger partial charge is 0.386 e. The molecule has 0 heterocycles. The van der Waals surface area contributed by atoms with E-state index in [0.717, 1.165) is 0 Å². The lowest BCUT2D eigenvalue weighted by molar-refractivity contribution is 0.252. The highest BCUT2D eigenvalue weighted by Gasteiger charge is 2.05. The van der Waals surface area contributed by atoms with Crippen molar-refractivity contribution >= 4 is 34.9 Å². The number of benzene rings is 1. The smallest absolute Gasteiger partial charge is 0.288 e. The Bertz CT molecular complexity index is 358. The van der Waals surface area contributed by atoms with Crippen molar-refractivity contribution in [1.29, 1.82) is 0 Å². The van der Waals surface area contributed by atoms with Crippen molar-refractivity contribution < 1.29 is 8.78 Å². The summed E-state index contributed by atoms with van der Waals surface area (Å²) >= 11 is 5.92. The number of alkyl halides is 3. The molecule has 0 atom stereocenters. The molecule has 1 aromatic carbocycles. The monoisotopic (exact) mass is 250 g/mol. The summed E-state index contributed by atoms with van der Waals surface area (Å²) < 4.78 is 24.1. The van der Waals surface area contributed by atoms with Crippen molar-refractivity contribution in [3.63, 3.8) is 0 Å². The van der Waals surface area contributed by atoms with E-state index in [1.54, 1.807) is 18.2 Å². The third kappa shape index (κ3) is 4.48. The molecular weight excluding hydrogens is 242 g/mol. The van der Waals surface area contributed by atoms with Crippen molar-refractivity contribution in [1.82, 2.24) is 0 Å². The Kier molecular flexibility index (Phi) is 4.84. The van der Waals surface area contributed by atoms with E-state index in [-0.39, 0.29) is 11.7 Å². The topological polar surface area (TPSA) is 38.4 Å². The highest BCUT2D eigenvalue weighted by Crippen LogP contribution is 2.28. The Balaban J connectivity index is 2.83. The molecule has 1 aromatic rings. The maximum absolute atomic E-state index is 12.1. The molecule has 0 bridgehead atoms. The first-order chi connectivity index (χ1) is 7.11. The van der Waals surface area contributed by atoms with Gasteiger partial charge in [-0.2, -0.15) is 8.78 Å². The molecule has 0 fully saturated rings. The molecule has 0 aromatic heterocycles. The molecule has 0 aliphatic heterocycles. The summed E-state index contributed by atoms with van der Waals surface area (Å²) in [5.41, 5.74) is 5.95. The van der Waals surface area contributed by atoms with Gasteiger partial charge in [-0.05, 0) is 18.2 Å². The number of thioether (sulfide) groups is 1. The van der Waals surface area contributed by atoms with Gasteiger partial charge in [-0.3, -0.25) is 0 Å². The predicted molar refractivity (Wildman–Crippen MR) is 60.3 cm³/mol. The van der Waals surface area contributed by atoms with Crippen molar-refractivity contribution in [3.05, 3.63) is 24.3 Å². The molecule has 0 spiro atoms. The Labute approximate surface area is 95.5 Å². The number of aliphatic imine (C=N–C) groups is 1. The molecule has 0 unspecified atom stereocenters. The lowest BCUT2D eigenvalue weighted by Gasteiger charge is -2.01. The van der Waals surface area contributed by atoms with Crippen LogP contribution in [0.25, 0.3) is 0 Å². The Morgan fingerprint density at radius 3 is 2.87 bits per heavy atom. The minimum atomic E-state index is -2.44. The number of nitrogens with zero attached hydrogens (tertiary/aromatic N) is 1. The van der Waals surface area contributed by atoms with E-state index in [1.165, 1.54) is 6.07 Å². The predicted octanol–water partition coefficient (Wildman–Crippen LogP) is 3.23. The fraction of sp³-hybridized carbons (Fsp3) is 0.222. The van der Waals surface area contributed by atoms with E-state index >= 15 is 0 Å². The van der Waals surface area contributed by atoms with Gasteiger partial charge in [0.1, 0.15) is 5.84 Å². The normalized spacial score (nSPS) is 12.1. The standard InChI is InChI=1S/C9H9ClF2N2S/c10-5-8(13)14-6-2-1-3-7(4-6)15-9(11)12/h1-4,9H,5H2,(H2,13,14). The molecule has 6 heteroatoms. The summed E-state index contributed by atoms with van der Waals surface area (Å²) in [4.78, 5) is 4.40. The van der Waals surface area contributed by atoms with Gasteiger partial charge in [0, 0.05) is 4.90 Å². The number of amidine groups is 1. The molecule has 82 valence electrons. The SMILES string of the molecule is NC(CCl)=Nc1cccc(SC(F)F)c1. The van der Waals surface area contributed by atoms with E-state index in [2.05, 4.69) is 4.99 Å². The molecule has 0 amide bonds. The molecule has 2 nitrogen and oxygen atoms in total. The van der Waals surface area contributed by atoms with Crippen LogP contribution in [0.5, 0.6) is 0 Å². The van der Waals surface area contributed by atoms with Crippen LogP contribution in [0.15, 0.2) is 34.2 Å². The van der Waals surface area contributed by atoms with Gasteiger partial charge in [-0.15, -0.1) is 11.6 Å². The summed E-state index contributed by atoms with van der Waals surface area (Å²) in [5.74, 6) is -2.06. The number of rotatable bonds is 4. The lowest BCUT2D eigenvalue weighted by Crippen LogP contribution is -2.12. The van der Waals surface area contributed by atoms with Gasteiger partial charge in [-0.25, -0.2) is 4.99 Å². The molecule has 0 radical (unpaired) electrons. The maximum Gasteiger partial charge on any atom is 0.288 e. The van der Waals surface area contributed by atoms with Crippen molar-refractivity contribution in [2.75, 3.05) is 5.88 Å². The summed E-state index contributed by atoms with van der Waals surface area (Å²) in [6, 6.07) is 6.45. The van der Waals surface area contributed by atoms with Crippen molar-refractivity contribution in [3.8, 4) is 0 Å². The second kappa shape index (κ2) is 5.92. The molecule has 2 N–H and O–H groups in total. The maximum atomic E-state index is 12.1. The summed E-state index contributed by atoms with van der Waals surface area (Å²) in [5, 5.41) is 0. The van der Waals surface area contributed by atoms with E-state index < -0.39 is 5.76 Å². The van der Waals surface area contributed by atoms with E-state index in [4.69, 9.17) is 17.3 Å². The first-order valence-electron chi connectivity index (χ1n) is 4.05. The zero-order chi connectivity index (χ0) is 11.3. The highest BCUT2D eigenvalue weighted by atomic mass is 35.5. The summed E-state index contributed by atoms with van der Waals surface area (Å²) in [7, 11) is 0. The first-order valence-corrected chi connectivity index (χ1v) is 5.47. The third-order valence-corrected chi connectivity index (χ3v) is 2.43. The van der Waals surface area contributed by atoms with Crippen LogP contribution in [0.1, 0.15) is 0 Å². The fourth-order valence-electron chi connectivity index (χ4n) is 0.925. The minimum Gasteiger partial charge on any atom is -0.386 e. The van der Waals surface area contributed by atoms with Crippen LogP contribution in [0.3, 0.4) is 0 Å². The zero-order valence-corrected chi connectivity index (χ0v) is 9.23. The summed E-state index contributed by atoms with van der Waals surface area (Å²) in [6.45, 7) is 0. The van der Waals surface area contributed by atoms with E-state index in [0.29, 0.717) is 22.3 Å². The number of nitrogens with two attached hydrogens (primary N) is 1. The second-order valence-electron chi connectivity index (χ2n) is 2.61. The zero-order valence-electron chi connectivity index (χ0n) is 7.66. The van der Waals surface area contributed by atoms with Crippen LogP contribution in [0.2, 0.25) is 0 Å². The Morgan fingerprint density at radius 1 is 1.53 bits per heavy atom. The quantitative estimate of drug-likeness (QED) is 0.386. The molecule has 15 heavy (non-hydrogen) atoms. The van der Waals surface area contributed by atoms with Crippen molar-refractivity contribution in [2.24, 2.45) is 10.7 Å². The molecule has 0 aliphatic carbocycles. The molecular formula is C9H9ClF2N2S. The summed E-state index contributed by atoms with van der Waals surface area (Å²) in [6.07, 6.45) is 0. The average Bonchev–Trinajstić information content (AvgIpc) is 2.17. The molecule has 1 rings (SSSR count). The fourth-order valence-corrected chi connectivity index (χ4v) is 1.54. The number of hydrogen-bond acceptors (Lipinski definition) is 2. The number of hydrogen-bond donors (Lipinski definition) is 1. The van der Waals surface area contributed by atoms with Crippen LogP contribution in [0.4, 0.5) is 14.5 Å². The molecule has 0 saturated heterocycles. The third-order valence-electron chi connectivity index (χ3n) is 1.45.